The van der Waals surface area contributed by atoms with Crippen LogP contribution in [0.4, 0.5) is 30.4 Å². The Bertz CT molecular complexity index is 1650. The topological polar surface area (TPSA) is 90.0 Å². The van der Waals surface area contributed by atoms with Gasteiger partial charge in [0.1, 0.15) is 16.9 Å². The molecule has 5 heterocycles. The van der Waals surface area contributed by atoms with E-state index in [4.69, 9.17) is 4.98 Å². The van der Waals surface area contributed by atoms with Gasteiger partial charge in [-0.15, -0.1) is 11.3 Å². The predicted molar refractivity (Wildman–Crippen MR) is 156 cm³/mol. The Hall–Kier alpha value is -4.26. The number of thiazole rings is 1. The lowest BCUT2D eigenvalue weighted by atomic mass is 9.95. The molecule has 224 valence electrons. The van der Waals surface area contributed by atoms with E-state index in [1.165, 1.54) is 29.2 Å². The van der Waals surface area contributed by atoms with Crippen molar-refractivity contribution in [2.45, 2.75) is 52.1 Å². The Morgan fingerprint density at radius 2 is 1.93 bits per heavy atom. The van der Waals surface area contributed by atoms with Crippen LogP contribution in [0.3, 0.4) is 0 Å². The average Bonchev–Trinajstić information content (AvgIpc) is 3.61. The highest BCUT2D eigenvalue weighted by Gasteiger charge is 2.49. The summed E-state index contributed by atoms with van der Waals surface area (Å²) in [7, 11) is 1.62. The van der Waals surface area contributed by atoms with Crippen molar-refractivity contribution in [1.29, 1.82) is 0 Å². The van der Waals surface area contributed by atoms with Crippen LogP contribution in [0.15, 0.2) is 43.0 Å². The average molecular weight is 611 g/mol. The number of hydrogen-bond acceptors (Lipinski definition) is 7. The van der Waals surface area contributed by atoms with Crippen molar-refractivity contribution in [1.82, 2.24) is 14.9 Å². The summed E-state index contributed by atoms with van der Waals surface area (Å²) in [6.45, 7) is 8.50. The van der Waals surface area contributed by atoms with Crippen molar-refractivity contribution >= 4 is 46.3 Å². The van der Waals surface area contributed by atoms with Crippen LogP contribution >= 0.6 is 11.3 Å². The number of amides is 3. The van der Waals surface area contributed by atoms with Gasteiger partial charge in [0.2, 0.25) is 17.7 Å². The standard InChI is InChI=1S/C30H29F3N6O3S/c1-5-25(40)37-13-20-22(14-37)43-24(35-20)15-38-12-18-10-26(41)39(23-11-19(30(31,32)33)9-17(3)34-23)28(18)29(42)36(4)21-8-6-7-16(2)27(21)38/h5-9,11,18,28H,1,10,12-15H2,2-4H3/t18-,28+/m1/s1. The van der Waals surface area contributed by atoms with Gasteiger partial charge in [-0.25, -0.2) is 9.97 Å². The first kappa shape index (κ1) is 28.8. The number of anilines is 3. The Kier molecular flexibility index (Phi) is 7.03. The van der Waals surface area contributed by atoms with Crippen LogP contribution in [-0.4, -0.2) is 52.2 Å². The molecule has 0 N–H and O–H groups in total. The maximum atomic E-state index is 14.0. The SMILES string of the molecule is C=CC(=O)N1Cc2nc(CN3C[C@H]4CC(=O)N(c5cc(C(F)(F)F)cc(C)n5)[C@@H]4C(=O)N(C)c4cccc(C)c43)sc2C1. The van der Waals surface area contributed by atoms with Crippen molar-refractivity contribution in [3.05, 3.63) is 75.4 Å². The summed E-state index contributed by atoms with van der Waals surface area (Å²) in [5.74, 6) is -1.69. The second-order valence-electron chi connectivity index (χ2n) is 11.1. The third kappa shape index (κ3) is 5.05. The number of pyridine rings is 1. The predicted octanol–water partition coefficient (Wildman–Crippen LogP) is 4.61. The van der Waals surface area contributed by atoms with Gasteiger partial charge in [-0.1, -0.05) is 18.7 Å². The number of aromatic nitrogens is 2. The fourth-order valence-electron chi connectivity index (χ4n) is 6.26. The van der Waals surface area contributed by atoms with Crippen LogP contribution < -0.4 is 14.7 Å². The molecular formula is C30H29F3N6O3S. The van der Waals surface area contributed by atoms with Gasteiger partial charge >= 0.3 is 6.18 Å². The molecule has 1 saturated heterocycles. The monoisotopic (exact) mass is 610 g/mol. The first-order chi connectivity index (χ1) is 20.3. The molecule has 0 unspecified atom stereocenters. The van der Waals surface area contributed by atoms with E-state index in [2.05, 4.69) is 16.5 Å². The number of para-hydroxylation sites is 1. The van der Waals surface area contributed by atoms with Crippen LogP contribution in [0.1, 0.15) is 38.8 Å². The molecule has 0 spiro atoms. The van der Waals surface area contributed by atoms with Crippen LogP contribution in [-0.2, 0) is 40.2 Å². The molecule has 3 aliphatic rings. The Morgan fingerprint density at radius 3 is 2.63 bits per heavy atom. The lowest BCUT2D eigenvalue weighted by molar-refractivity contribution is -0.137. The zero-order valence-corrected chi connectivity index (χ0v) is 24.6. The summed E-state index contributed by atoms with van der Waals surface area (Å²) >= 11 is 1.51. The highest BCUT2D eigenvalue weighted by molar-refractivity contribution is 7.11. The number of carbonyl (C=O) groups is 3. The van der Waals surface area contributed by atoms with Gasteiger partial charge in [-0.05, 0) is 43.7 Å². The highest BCUT2D eigenvalue weighted by atomic mass is 32.1. The molecular weight excluding hydrogens is 581 g/mol. The lowest BCUT2D eigenvalue weighted by Gasteiger charge is -2.39. The molecule has 1 aromatic carbocycles. The second kappa shape index (κ2) is 10.5. The first-order valence-electron chi connectivity index (χ1n) is 13.7. The summed E-state index contributed by atoms with van der Waals surface area (Å²) < 4.78 is 41.0. The Labute approximate surface area is 250 Å². The third-order valence-corrected chi connectivity index (χ3v) is 9.25. The van der Waals surface area contributed by atoms with E-state index in [0.29, 0.717) is 31.9 Å². The van der Waals surface area contributed by atoms with Crippen molar-refractivity contribution < 1.29 is 27.6 Å². The van der Waals surface area contributed by atoms with Crippen molar-refractivity contribution in [2.75, 3.05) is 28.3 Å². The molecule has 43 heavy (non-hydrogen) atoms. The largest absolute Gasteiger partial charge is 0.416 e. The molecule has 6 rings (SSSR count). The third-order valence-electron chi connectivity index (χ3n) is 8.19. The number of hydrogen-bond donors (Lipinski definition) is 0. The fraction of sp³-hybridized carbons (Fsp3) is 0.367. The molecule has 0 aliphatic carbocycles. The minimum absolute atomic E-state index is 0.0219. The molecule has 1 fully saturated rings. The number of halogens is 3. The molecule has 3 aliphatic heterocycles. The van der Waals surface area contributed by atoms with Gasteiger partial charge in [-0.2, -0.15) is 13.2 Å². The summed E-state index contributed by atoms with van der Waals surface area (Å²) in [6, 6.07) is 6.34. The number of nitrogens with zero attached hydrogens (tertiary/aromatic N) is 6. The molecule has 13 heteroatoms. The lowest BCUT2D eigenvalue weighted by Crippen LogP contribution is -2.52. The smallest absolute Gasteiger partial charge is 0.362 e. The minimum atomic E-state index is -4.64. The first-order valence-corrected chi connectivity index (χ1v) is 14.6. The van der Waals surface area contributed by atoms with Crippen molar-refractivity contribution in [2.24, 2.45) is 5.92 Å². The van der Waals surface area contributed by atoms with Crippen LogP contribution in [0.2, 0.25) is 0 Å². The van der Waals surface area contributed by atoms with E-state index in [1.54, 1.807) is 11.9 Å². The van der Waals surface area contributed by atoms with E-state index in [0.717, 1.165) is 43.9 Å². The minimum Gasteiger partial charge on any atom is -0.362 e. The Morgan fingerprint density at radius 1 is 1.16 bits per heavy atom. The quantitative estimate of drug-likeness (QED) is 0.401. The van der Waals surface area contributed by atoms with Gasteiger partial charge in [-0.3, -0.25) is 19.3 Å². The van der Waals surface area contributed by atoms with Gasteiger partial charge in [0.25, 0.3) is 0 Å². The molecule has 0 bridgehead atoms. The fourth-order valence-corrected chi connectivity index (χ4v) is 7.36. The number of aryl methyl sites for hydroxylation is 2. The molecule has 0 radical (unpaired) electrons. The van der Waals surface area contributed by atoms with E-state index in [9.17, 15) is 27.6 Å². The maximum absolute atomic E-state index is 14.0. The molecule has 2 atom stereocenters. The molecule has 9 nitrogen and oxygen atoms in total. The second-order valence-corrected chi connectivity index (χ2v) is 12.3. The summed E-state index contributed by atoms with van der Waals surface area (Å²) in [5.41, 5.74) is 2.40. The normalized spacial score (nSPS) is 20.1. The number of likely N-dealkylation sites (N-methyl/N-ethyl adjacent to an activating group) is 1. The Balaban J connectivity index is 1.38. The van der Waals surface area contributed by atoms with E-state index in [1.807, 2.05) is 25.1 Å². The highest BCUT2D eigenvalue weighted by Crippen LogP contribution is 2.42. The van der Waals surface area contributed by atoms with Crippen molar-refractivity contribution in [3.8, 4) is 0 Å². The van der Waals surface area contributed by atoms with Crippen LogP contribution in [0.5, 0.6) is 0 Å². The molecule has 2 aromatic heterocycles. The molecule has 0 saturated carbocycles. The number of alkyl halides is 3. The summed E-state index contributed by atoms with van der Waals surface area (Å²) in [4.78, 5) is 56.1. The van der Waals surface area contributed by atoms with Gasteiger partial charge in [0.05, 0.1) is 42.3 Å². The van der Waals surface area contributed by atoms with Crippen LogP contribution in [0, 0.1) is 19.8 Å². The van der Waals surface area contributed by atoms with Gasteiger partial charge in [0.15, 0.2) is 0 Å². The van der Waals surface area contributed by atoms with Gasteiger partial charge < -0.3 is 14.7 Å². The number of carbonyl (C=O) groups excluding carboxylic acids is 3. The molecule has 3 amide bonds. The number of benzene rings is 1. The van der Waals surface area contributed by atoms with Crippen LogP contribution in [0.25, 0.3) is 0 Å². The number of rotatable bonds is 4. The van der Waals surface area contributed by atoms with E-state index in [-0.39, 0.29) is 29.7 Å². The zero-order chi connectivity index (χ0) is 30.8. The zero-order valence-electron chi connectivity index (χ0n) is 23.8. The summed E-state index contributed by atoms with van der Waals surface area (Å²) in [6.07, 6.45) is -3.37. The molecule has 3 aromatic rings. The van der Waals surface area contributed by atoms with E-state index >= 15 is 0 Å². The van der Waals surface area contributed by atoms with E-state index < -0.39 is 29.6 Å². The maximum Gasteiger partial charge on any atom is 0.416 e. The summed E-state index contributed by atoms with van der Waals surface area (Å²) in [5, 5.41) is 0.826. The van der Waals surface area contributed by atoms with Crippen molar-refractivity contribution in [3.63, 3.8) is 0 Å². The number of fused-ring (bicyclic) bond motifs is 3. The van der Waals surface area contributed by atoms with Gasteiger partial charge in [0, 0.05) is 36.5 Å².